The van der Waals surface area contributed by atoms with Crippen LogP contribution < -0.4 is 20.7 Å². The number of hydrogen-bond acceptors (Lipinski definition) is 4. The first kappa shape index (κ1) is 20.6. The van der Waals surface area contributed by atoms with Crippen molar-refractivity contribution < 1.29 is 9.53 Å². The Morgan fingerprint density at radius 2 is 2.07 bits per heavy atom. The Bertz CT molecular complexity index is 831. The van der Waals surface area contributed by atoms with Crippen molar-refractivity contribution in [3.05, 3.63) is 59.3 Å². The van der Waals surface area contributed by atoms with Crippen LogP contribution in [0.4, 0.5) is 0 Å². The summed E-state index contributed by atoms with van der Waals surface area (Å²) in [7, 11) is 3.38. The smallest absolute Gasteiger partial charge is 0.251 e. The van der Waals surface area contributed by atoms with E-state index >= 15 is 0 Å². The molecule has 0 saturated heterocycles. The largest absolute Gasteiger partial charge is 0.477 e. The molecule has 7 heteroatoms. The van der Waals surface area contributed by atoms with Gasteiger partial charge in [-0.15, -0.1) is 0 Å². The Kier molecular flexibility index (Phi) is 7.44. The summed E-state index contributed by atoms with van der Waals surface area (Å²) >= 11 is 0. The standard InChI is InChI=1S/C22H29N5O2/c1-23-21(28)19-5-3-4-16(12-19)10-11-25-22(24-2)27-14-18-8-9-20(26-13-18)29-15-17-6-7-17/h3-5,8-9,12-13,17H,6-7,10-11,14-15H2,1-2H3,(H,23,28)(H2,24,25,27). The lowest BCUT2D eigenvalue weighted by atomic mass is 10.1. The minimum atomic E-state index is -0.0742. The minimum absolute atomic E-state index is 0.0742. The minimum Gasteiger partial charge on any atom is -0.477 e. The summed E-state index contributed by atoms with van der Waals surface area (Å²) in [6.07, 6.45) is 5.16. The number of nitrogens with zero attached hydrogens (tertiary/aromatic N) is 2. The zero-order chi connectivity index (χ0) is 20.5. The fourth-order valence-corrected chi connectivity index (χ4v) is 2.83. The second-order valence-corrected chi connectivity index (χ2v) is 7.14. The second-order valence-electron chi connectivity index (χ2n) is 7.14. The number of hydrogen-bond donors (Lipinski definition) is 3. The molecule has 1 aliphatic carbocycles. The first-order chi connectivity index (χ1) is 14.2. The summed E-state index contributed by atoms with van der Waals surface area (Å²) in [5.41, 5.74) is 2.83. The van der Waals surface area contributed by atoms with Crippen molar-refractivity contribution in [3.8, 4) is 5.88 Å². The van der Waals surface area contributed by atoms with Crippen molar-refractivity contribution in [2.45, 2.75) is 25.8 Å². The van der Waals surface area contributed by atoms with Gasteiger partial charge in [0.1, 0.15) is 0 Å². The number of aromatic nitrogens is 1. The zero-order valence-corrected chi connectivity index (χ0v) is 17.1. The van der Waals surface area contributed by atoms with E-state index in [2.05, 4.69) is 25.9 Å². The van der Waals surface area contributed by atoms with E-state index in [1.54, 1.807) is 14.1 Å². The number of aliphatic imine (C=N–C) groups is 1. The van der Waals surface area contributed by atoms with E-state index in [0.29, 0.717) is 24.5 Å². The molecule has 0 radical (unpaired) electrons. The Morgan fingerprint density at radius 3 is 2.76 bits per heavy atom. The van der Waals surface area contributed by atoms with Crippen LogP contribution in [-0.4, -0.2) is 44.1 Å². The Balaban J connectivity index is 1.40. The molecule has 7 nitrogen and oxygen atoms in total. The summed E-state index contributed by atoms with van der Waals surface area (Å²) in [5.74, 6) is 2.05. The van der Waals surface area contributed by atoms with Crippen LogP contribution in [0, 0.1) is 5.92 Å². The molecule has 1 aromatic carbocycles. The van der Waals surface area contributed by atoms with E-state index in [0.717, 1.165) is 36.0 Å². The predicted octanol–water partition coefficient (Wildman–Crippen LogP) is 2.14. The highest BCUT2D eigenvalue weighted by molar-refractivity contribution is 5.94. The molecule has 3 rings (SSSR count). The fourth-order valence-electron chi connectivity index (χ4n) is 2.83. The molecule has 3 N–H and O–H groups in total. The quantitative estimate of drug-likeness (QED) is 0.447. The molecule has 0 aliphatic heterocycles. The fraction of sp³-hybridized carbons (Fsp3) is 0.409. The molecule has 1 aliphatic rings. The molecule has 154 valence electrons. The molecule has 1 saturated carbocycles. The number of guanidine groups is 1. The molecular weight excluding hydrogens is 366 g/mol. The molecule has 0 atom stereocenters. The van der Waals surface area contributed by atoms with Crippen molar-refractivity contribution in [2.24, 2.45) is 10.9 Å². The number of amides is 1. The van der Waals surface area contributed by atoms with Gasteiger partial charge in [-0.1, -0.05) is 18.2 Å². The third-order valence-electron chi connectivity index (χ3n) is 4.77. The Morgan fingerprint density at radius 1 is 1.21 bits per heavy atom. The average Bonchev–Trinajstić information content (AvgIpc) is 3.59. The van der Waals surface area contributed by atoms with Crippen molar-refractivity contribution in [2.75, 3.05) is 27.2 Å². The topological polar surface area (TPSA) is 87.6 Å². The van der Waals surface area contributed by atoms with Gasteiger partial charge in [0.2, 0.25) is 5.88 Å². The van der Waals surface area contributed by atoms with E-state index in [9.17, 15) is 4.79 Å². The molecule has 29 heavy (non-hydrogen) atoms. The van der Waals surface area contributed by atoms with E-state index in [1.165, 1.54) is 12.8 Å². The van der Waals surface area contributed by atoms with Crippen LogP contribution in [0.2, 0.25) is 0 Å². The summed E-state index contributed by atoms with van der Waals surface area (Å²) < 4.78 is 5.66. The van der Waals surface area contributed by atoms with Crippen molar-refractivity contribution >= 4 is 11.9 Å². The number of benzene rings is 1. The lowest BCUT2D eigenvalue weighted by Gasteiger charge is -2.12. The SMILES string of the molecule is CN=C(NCCc1cccc(C(=O)NC)c1)NCc1ccc(OCC2CC2)nc1. The maximum Gasteiger partial charge on any atom is 0.251 e. The van der Waals surface area contributed by atoms with Gasteiger partial charge < -0.3 is 20.7 Å². The van der Waals surface area contributed by atoms with Gasteiger partial charge >= 0.3 is 0 Å². The van der Waals surface area contributed by atoms with E-state index < -0.39 is 0 Å². The number of pyridine rings is 1. The van der Waals surface area contributed by atoms with Gasteiger partial charge in [0, 0.05) is 45.0 Å². The molecular formula is C22H29N5O2. The summed E-state index contributed by atoms with van der Waals surface area (Å²) in [5, 5.41) is 9.23. The molecule has 1 heterocycles. The normalized spacial score (nSPS) is 13.7. The van der Waals surface area contributed by atoms with E-state index in [1.807, 2.05) is 42.6 Å². The summed E-state index contributed by atoms with van der Waals surface area (Å²) in [4.78, 5) is 20.3. The lowest BCUT2D eigenvalue weighted by Crippen LogP contribution is -2.37. The number of ether oxygens (including phenoxy) is 1. The third-order valence-corrected chi connectivity index (χ3v) is 4.77. The highest BCUT2D eigenvalue weighted by Gasteiger charge is 2.22. The van der Waals surface area contributed by atoms with Crippen molar-refractivity contribution in [3.63, 3.8) is 0 Å². The molecule has 0 unspecified atom stereocenters. The van der Waals surface area contributed by atoms with Gasteiger partial charge in [-0.25, -0.2) is 4.98 Å². The predicted molar refractivity (Wildman–Crippen MR) is 114 cm³/mol. The summed E-state index contributed by atoms with van der Waals surface area (Å²) in [6, 6.07) is 11.6. The highest BCUT2D eigenvalue weighted by Crippen LogP contribution is 2.29. The second kappa shape index (κ2) is 10.5. The van der Waals surface area contributed by atoms with Gasteiger partial charge in [-0.05, 0) is 48.4 Å². The number of carbonyl (C=O) groups is 1. The first-order valence-electron chi connectivity index (χ1n) is 10.0. The van der Waals surface area contributed by atoms with Crippen molar-refractivity contribution in [1.82, 2.24) is 20.9 Å². The van der Waals surface area contributed by atoms with Crippen LogP contribution in [0.1, 0.15) is 34.3 Å². The maximum atomic E-state index is 11.7. The first-order valence-corrected chi connectivity index (χ1v) is 10.0. The van der Waals surface area contributed by atoms with Crippen LogP contribution in [-0.2, 0) is 13.0 Å². The van der Waals surface area contributed by atoms with Crippen LogP contribution in [0.15, 0.2) is 47.6 Å². The van der Waals surface area contributed by atoms with Gasteiger partial charge in [0.15, 0.2) is 5.96 Å². The van der Waals surface area contributed by atoms with E-state index in [-0.39, 0.29) is 5.91 Å². The Labute approximate surface area is 172 Å². The van der Waals surface area contributed by atoms with Gasteiger partial charge in [-0.3, -0.25) is 9.79 Å². The molecule has 0 spiro atoms. The van der Waals surface area contributed by atoms with Crippen LogP contribution in [0.5, 0.6) is 5.88 Å². The Hall–Kier alpha value is -3.09. The monoisotopic (exact) mass is 395 g/mol. The molecule has 1 fully saturated rings. The van der Waals surface area contributed by atoms with Crippen LogP contribution in [0.3, 0.4) is 0 Å². The highest BCUT2D eigenvalue weighted by atomic mass is 16.5. The molecule has 1 amide bonds. The number of carbonyl (C=O) groups excluding carboxylic acids is 1. The zero-order valence-electron chi connectivity index (χ0n) is 17.1. The van der Waals surface area contributed by atoms with E-state index in [4.69, 9.17) is 4.74 Å². The molecule has 2 aromatic rings. The summed E-state index contributed by atoms with van der Waals surface area (Å²) in [6.45, 7) is 2.11. The maximum absolute atomic E-state index is 11.7. The molecule has 1 aromatic heterocycles. The third kappa shape index (κ3) is 6.78. The lowest BCUT2D eigenvalue weighted by molar-refractivity contribution is 0.0963. The number of rotatable bonds is 9. The number of nitrogens with one attached hydrogen (secondary N) is 3. The van der Waals surface area contributed by atoms with Gasteiger partial charge in [-0.2, -0.15) is 0 Å². The van der Waals surface area contributed by atoms with Crippen LogP contribution >= 0.6 is 0 Å². The average molecular weight is 396 g/mol. The van der Waals surface area contributed by atoms with Crippen molar-refractivity contribution in [1.29, 1.82) is 0 Å². The van der Waals surface area contributed by atoms with Gasteiger partial charge in [0.25, 0.3) is 5.91 Å². The molecule has 0 bridgehead atoms. The van der Waals surface area contributed by atoms with Gasteiger partial charge in [0.05, 0.1) is 6.61 Å². The van der Waals surface area contributed by atoms with Crippen LogP contribution in [0.25, 0.3) is 0 Å².